The molecule has 1 aromatic carbocycles. The fourth-order valence-corrected chi connectivity index (χ4v) is 3.64. The zero-order valence-electron chi connectivity index (χ0n) is 9.41. The molecule has 0 saturated heterocycles. The largest absolute Gasteiger partial charge is 0.324 e. The van der Waals surface area contributed by atoms with E-state index in [-0.39, 0.29) is 6.04 Å². The van der Waals surface area contributed by atoms with Gasteiger partial charge in [0.2, 0.25) is 0 Å². The van der Waals surface area contributed by atoms with Crippen molar-refractivity contribution in [2.45, 2.75) is 31.7 Å². The van der Waals surface area contributed by atoms with Crippen LogP contribution < -0.4 is 5.73 Å². The predicted octanol–water partition coefficient (Wildman–Crippen LogP) is 2.06. The van der Waals surface area contributed by atoms with Crippen molar-refractivity contribution in [3.63, 3.8) is 0 Å². The molecule has 15 heavy (non-hydrogen) atoms. The van der Waals surface area contributed by atoms with E-state index < -0.39 is 10.8 Å². The minimum atomic E-state index is -0.864. The van der Waals surface area contributed by atoms with Gasteiger partial charge in [-0.15, -0.1) is 0 Å². The number of rotatable bonds is 0. The summed E-state index contributed by atoms with van der Waals surface area (Å²) >= 11 is 0. The Bertz CT molecular complexity index is 428. The number of nitrogens with two attached hydrogens (primary N) is 1. The fraction of sp³-hybridized carbons (Fsp3) is 0.500. The highest BCUT2D eigenvalue weighted by Crippen LogP contribution is 2.33. The molecule has 0 aliphatic carbocycles. The van der Waals surface area contributed by atoms with Crippen LogP contribution in [0.4, 0.5) is 0 Å². The van der Waals surface area contributed by atoms with Crippen LogP contribution in [0.3, 0.4) is 0 Å². The zero-order valence-corrected chi connectivity index (χ0v) is 10.2. The zero-order chi connectivity index (χ0) is 11.2. The maximum atomic E-state index is 12.0. The van der Waals surface area contributed by atoms with Crippen LogP contribution in [0, 0.1) is 19.8 Å². The van der Waals surface area contributed by atoms with E-state index in [1.54, 1.807) is 0 Å². The number of hydrogen-bond donors (Lipinski definition) is 1. The molecule has 0 aromatic heterocycles. The first-order valence-electron chi connectivity index (χ1n) is 5.26. The number of fused-ring (bicyclic) bond motifs is 1. The number of benzene rings is 1. The molecule has 0 spiro atoms. The Hall–Kier alpha value is -0.670. The minimum absolute atomic E-state index is 0.0389. The van der Waals surface area contributed by atoms with Gasteiger partial charge >= 0.3 is 0 Å². The van der Waals surface area contributed by atoms with Crippen LogP contribution in [0.25, 0.3) is 0 Å². The van der Waals surface area contributed by atoms with Crippen molar-refractivity contribution in [1.82, 2.24) is 0 Å². The molecule has 0 radical (unpaired) electrons. The molecule has 2 nitrogen and oxygen atoms in total. The molecule has 0 amide bonds. The first kappa shape index (κ1) is 10.8. The van der Waals surface area contributed by atoms with Crippen LogP contribution >= 0.6 is 0 Å². The van der Waals surface area contributed by atoms with Gasteiger partial charge in [0.15, 0.2) is 0 Å². The smallest absolute Gasteiger partial charge is 0.0536 e. The van der Waals surface area contributed by atoms with Gasteiger partial charge in [0.25, 0.3) is 0 Å². The minimum Gasteiger partial charge on any atom is -0.324 e. The fourth-order valence-electron chi connectivity index (χ4n) is 2.01. The molecule has 1 aromatic rings. The lowest BCUT2D eigenvalue weighted by atomic mass is 9.93. The van der Waals surface area contributed by atoms with Crippen molar-refractivity contribution in [1.29, 1.82) is 0 Å². The lowest BCUT2D eigenvalue weighted by molar-refractivity contribution is 0.496. The summed E-state index contributed by atoms with van der Waals surface area (Å²) in [5, 5.41) is 0. The Morgan fingerprint density at radius 2 is 1.93 bits per heavy atom. The Kier molecular flexibility index (Phi) is 2.69. The lowest BCUT2D eigenvalue weighted by Gasteiger charge is -2.28. The van der Waals surface area contributed by atoms with Crippen molar-refractivity contribution < 1.29 is 4.21 Å². The van der Waals surface area contributed by atoms with Gasteiger partial charge in [-0.2, -0.15) is 0 Å². The second-order valence-electron chi connectivity index (χ2n) is 4.49. The van der Waals surface area contributed by atoms with Gasteiger partial charge in [-0.25, -0.2) is 0 Å². The molecule has 3 heteroatoms. The highest BCUT2D eigenvalue weighted by Gasteiger charge is 2.28. The molecule has 82 valence electrons. The van der Waals surface area contributed by atoms with Crippen molar-refractivity contribution in [2.75, 3.05) is 5.75 Å². The average molecular weight is 223 g/mol. The summed E-state index contributed by atoms with van der Waals surface area (Å²) in [6.45, 7) is 6.20. The third-order valence-corrected chi connectivity index (χ3v) is 4.93. The standard InChI is InChI=1S/C12H17NOS/c1-7-4-10-11(5-8(7)2)15(14)6-9(3)12(10)13/h4-5,9,12H,6,13H2,1-3H3. The van der Waals surface area contributed by atoms with Crippen LogP contribution in [0.5, 0.6) is 0 Å². The molecule has 0 bridgehead atoms. The van der Waals surface area contributed by atoms with Gasteiger partial charge in [0.05, 0.1) is 10.8 Å². The van der Waals surface area contributed by atoms with Gasteiger partial charge < -0.3 is 5.73 Å². The van der Waals surface area contributed by atoms with Crippen LogP contribution in [0.15, 0.2) is 17.0 Å². The molecule has 2 N–H and O–H groups in total. The normalized spacial score (nSPS) is 30.0. The van der Waals surface area contributed by atoms with E-state index in [1.165, 1.54) is 11.1 Å². The highest BCUT2D eigenvalue weighted by atomic mass is 32.2. The summed E-state index contributed by atoms with van der Waals surface area (Å²) in [6.07, 6.45) is 0. The Balaban J connectivity index is 2.61. The van der Waals surface area contributed by atoms with E-state index in [1.807, 2.05) is 6.07 Å². The number of hydrogen-bond acceptors (Lipinski definition) is 2. The molecular formula is C12H17NOS. The first-order chi connectivity index (χ1) is 7.00. The molecule has 1 aliphatic heterocycles. The van der Waals surface area contributed by atoms with Gasteiger partial charge in [-0.05, 0) is 42.5 Å². The van der Waals surface area contributed by atoms with E-state index in [0.717, 1.165) is 10.5 Å². The van der Waals surface area contributed by atoms with E-state index in [4.69, 9.17) is 5.73 Å². The Morgan fingerprint density at radius 3 is 2.60 bits per heavy atom. The van der Waals surface area contributed by atoms with Gasteiger partial charge in [-0.1, -0.05) is 13.0 Å². The molecule has 1 heterocycles. The van der Waals surface area contributed by atoms with E-state index in [9.17, 15) is 4.21 Å². The van der Waals surface area contributed by atoms with Crippen LogP contribution in [0.1, 0.15) is 29.7 Å². The van der Waals surface area contributed by atoms with Gasteiger partial charge in [0, 0.05) is 16.7 Å². The third kappa shape index (κ3) is 1.74. The van der Waals surface area contributed by atoms with Crippen molar-refractivity contribution in [3.8, 4) is 0 Å². The summed E-state index contributed by atoms with van der Waals surface area (Å²) in [7, 11) is -0.864. The van der Waals surface area contributed by atoms with E-state index in [2.05, 4.69) is 26.8 Å². The van der Waals surface area contributed by atoms with E-state index in [0.29, 0.717) is 11.7 Å². The maximum absolute atomic E-state index is 12.0. The molecule has 1 aliphatic rings. The van der Waals surface area contributed by atoms with Crippen LogP contribution in [0.2, 0.25) is 0 Å². The third-order valence-electron chi connectivity index (χ3n) is 3.26. The maximum Gasteiger partial charge on any atom is 0.0536 e. The van der Waals surface area contributed by atoms with Crippen LogP contribution in [-0.4, -0.2) is 9.96 Å². The van der Waals surface area contributed by atoms with Crippen molar-refractivity contribution >= 4 is 10.8 Å². The molecule has 0 fully saturated rings. The van der Waals surface area contributed by atoms with E-state index >= 15 is 0 Å². The Morgan fingerprint density at radius 1 is 1.33 bits per heavy atom. The molecular weight excluding hydrogens is 206 g/mol. The quantitative estimate of drug-likeness (QED) is 0.731. The topological polar surface area (TPSA) is 43.1 Å². The summed E-state index contributed by atoms with van der Waals surface area (Å²) in [5.74, 6) is 0.997. The molecule has 3 atom stereocenters. The summed E-state index contributed by atoms with van der Waals surface area (Å²) in [6, 6.07) is 4.17. The molecule has 2 rings (SSSR count). The highest BCUT2D eigenvalue weighted by molar-refractivity contribution is 7.85. The average Bonchev–Trinajstić information content (AvgIpc) is 2.18. The monoisotopic (exact) mass is 223 g/mol. The second kappa shape index (κ2) is 3.72. The predicted molar refractivity (Wildman–Crippen MR) is 63.3 cm³/mol. The van der Waals surface area contributed by atoms with Crippen molar-refractivity contribution in [2.24, 2.45) is 11.7 Å². The summed E-state index contributed by atoms with van der Waals surface area (Å²) in [4.78, 5) is 0.948. The molecule has 3 unspecified atom stereocenters. The van der Waals surface area contributed by atoms with Crippen LogP contribution in [-0.2, 0) is 10.8 Å². The summed E-state index contributed by atoms with van der Waals surface area (Å²) in [5.41, 5.74) is 9.65. The number of aryl methyl sites for hydroxylation is 2. The van der Waals surface area contributed by atoms with Gasteiger partial charge in [0.1, 0.15) is 0 Å². The first-order valence-corrected chi connectivity index (χ1v) is 6.57. The SMILES string of the molecule is Cc1cc2c(cc1C)S(=O)CC(C)C2N. The second-order valence-corrected chi connectivity index (χ2v) is 5.95. The summed E-state index contributed by atoms with van der Waals surface area (Å²) < 4.78 is 12.0. The lowest BCUT2D eigenvalue weighted by Crippen LogP contribution is -2.30. The Labute approximate surface area is 93.3 Å². The van der Waals surface area contributed by atoms with Gasteiger partial charge in [-0.3, -0.25) is 4.21 Å². The van der Waals surface area contributed by atoms with Crippen molar-refractivity contribution in [3.05, 3.63) is 28.8 Å². The molecule has 0 saturated carbocycles.